The molecule has 2 atom stereocenters. The molecular formula is C13H25N3OS. The van der Waals surface area contributed by atoms with E-state index in [0.29, 0.717) is 17.0 Å². The number of nitrogens with two attached hydrogens (primary N) is 1. The highest BCUT2D eigenvalue weighted by molar-refractivity contribution is 7.80. The summed E-state index contributed by atoms with van der Waals surface area (Å²) in [6.07, 6.45) is 2.70. The molecule has 18 heavy (non-hydrogen) atoms. The number of likely N-dealkylation sites (N-methyl/N-ethyl adjacent to an activating group) is 1. The normalized spacial score (nSPS) is 31.4. The Balaban J connectivity index is 1.79. The van der Waals surface area contributed by atoms with Gasteiger partial charge in [0.25, 0.3) is 0 Å². The van der Waals surface area contributed by atoms with Crippen molar-refractivity contribution in [2.45, 2.75) is 25.9 Å². The second-order valence-electron chi connectivity index (χ2n) is 5.39. The Morgan fingerprint density at radius 2 is 2.17 bits per heavy atom. The molecule has 2 aliphatic heterocycles. The van der Waals surface area contributed by atoms with Crippen LogP contribution < -0.4 is 5.73 Å². The number of nitrogens with zero attached hydrogens (tertiary/aromatic N) is 2. The topological polar surface area (TPSA) is 41.7 Å². The molecule has 4 nitrogen and oxygen atoms in total. The van der Waals surface area contributed by atoms with Gasteiger partial charge in [0.05, 0.1) is 17.7 Å². The van der Waals surface area contributed by atoms with Crippen LogP contribution in [0.5, 0.6) is 0 Å². The van der Waals surface area contributed by atoms with Crippen LogP contribution in [0.4, 0.5) is 0 Å². The molecule has 2 fully saturated rings. The van der Waals surface area contributed by atoms with Gasteiger partial charge in [-0.25, -0.2) is 0 Å². The van der Waals surface area contributed by atoms with Crippen molar-refractivity contribution < 1.29 is 4.74 Å². The predicted molar refractivity (Wildman–Crippen MR) is 77.8 cm³/mol. The smallest absolute Gasteiger partial charge is 0.0829 e. The average Bonchev–Trinajstić information content (AvgIpc) is 2.39. The van der Waals surface area contributed by atoms with E-state index in [1.54, 1.807) is 0 Å². The van der Waals surface area contributed by atoms with E-state index >= 15 is 0 Å². The fraction of sp³-hybridized carbons (Fsp3) is 0.923. The number of rotatable bonds is 4. The first kappa shape index (κ1) is 14.2. The largest absolute Gasteiger partial charge is 0.393 e. The first-order valence-corrected chi connectivity index (χ1v) is 7.45. The van der Waals surface area contributed by atoms with Crippen molar-refractivity contribution in [1.82, 2.24) is 9.80 Å². The van der Waals surface area contributed by atoms with Gasteiger partial charge in [-0.1, -0.05) is 19.1 Å². The third-order valence-corrected chi connectivity index (χ3v) is 4.37. The van der Waals surface area contributed by atoms with Gasteiger partial charge in [-0.3, -0.25) is 4.90 Å². The fourth-order valence-corrected chi connectivity index (χ4v) is 3.11. The van der Waals surface area contributed by atoms with Crippen LogP contribution in [0.1, 0.15) is 19.8 Å². The van der Waals surface area contributed by atoms with Crippen LogP contribution in [0.2, 0.25) is 0 Å². The van der Waals surface area contributed by atoms with E-state index in [9.17, 15) is 0 Å². The fourth-order valence-electron chi connectivity index (χ4n) is 2.92. The summed E-state index contributed by atoms with van der Waals surface area (Å²) in [6, 6.07) is 0. The Morgan fingerprint density at radius 3 is 2.89 bits per heavy atom. The zero-order chi connectivity index (χ0) is 13.0. The summed E-state index contributed by atoms with van der Waals surface area (Å²) in [6.45, 7) is 9.53. The minimum Gasteiger partial charge on any atom is -0.393 e. The molecule has 2 unspecified atom stereocenters. The quantitative estimate of drug-likeness (QED) is 0.763. The number of ether oxygens (including phenoxy) is 1. The highest BCUT2D eigenvalue weighted by Crippen LogP contribution is 2.18. The lowest BCUT2D eigenvalue weighted by molar-refractivity contribution is -0.0448. The molecule has 0 aromatic heterocycles. The molecule has 0 radical (unpaired) electrons. The van der Waals surface area contributed by atoms with Crippen molar-refractivity contribution in [3.05, 3.63) is 0 Å². The van der Waals surface area contributed by atoms with Gasteiger partial charge in [0.2, 0.25) is 0 Å². The van der Waals surface area contributed by atoms with Crippen LogP contribution in [-0.2, 0) is 4.74 Å². The minimum atomic E-state index is 0.351. The molecule has 2 aliphatic rings. The lowest BCUT2D eigenvalue weighted by Crippen LogP contribution is -2.50. The highest BCUT2D eigenvalue weighted by atomic mass is 32.1. The summed E-state index contributed by atoms with van der Waals surface area (Å²) >= 11 is 5.12. The van der Waals surface area contributed by atoms with Crippen LogP contribution in [0, 0.1) is 5.92 Å². The maximum absolute atomic E-state index is 5.86. The van der Waals surface area contributed by atoms with Crippen molar-refractivity contribution in [2.75, 3.05) is 45.9 Å². The number of thiocarbonyl (C=S) groups is 1. The molecule has 0 saturated carbocycles. The lowest BCUT2D eigenvalue weighted by atomic mass is 9.98. The van der Waals surface area contributed by atoms with Crippen molar-refractivity contribution >= 4 is 17.2 Å². The van der Waals surface area contributed by atoms with Crippen molar-refractivity contribution in [1.29, 1.82) is 0 Å². The summed E-state index contributed by atoms with van der Waals surface area (Å²) < 4.78 is 5.86. The summed E-state index contributed by atoms with van der Waals surface area (Å²) in [5.74, 6) is 0.402. The Bertz CT molecular complexity index is 287. The monoisotopic (exact) mass is 271 g/mol. The van der Waals surface area contributed by atoms with E-state index in [1.807, 2.05) is 0 Å². The van der Waals surface area contributed by atoms with E-state index in [2.05, 4.69) is 16.7 Å². The molecule has 0 bridgehead atoms. The summed E-state index contributed by atoms with van der Waals surface area (Å²) in [5.41, 5.74) is 5.77. The number of piperidine rings is 1. The predicted octanol–water partition coefficient (Wildman–Crippen LogP) is 0.705. The Morgan fingerprint density at radius 1 is 1.33 bits per heavy atom. The molecule has 0 aromatic rings. The molecule has 2 rings (SSSR count). The van der Waals surface area contributed by atoms with Gasteiger partial charge >= 0.3 is 0 Å². The summed E-state index contributed by atoms with van der Waals surface area (Å²) in [7, 11) is 0. The first-order chi connectivity index (χ1) is 8.69. The number of hydrogen-bond acceptors (Lipinski definition) is 4. The van der Waals surface area contributed by atoms with Crippen molar-refractivity contribution in [3.63, 3.8) is 0 Å². The third kappa shape index (κ3) is 3.88. The Labute approximate surface area is 115 Å². The van der Waals surface area contributed by atoms with Crippen LogP contribution in [0.15, 0.2) is 0 Å². The first-order valence-electron chi connectivity index (χ1n) is 7.04. The molecule has 5 heteroatoms. The second-order valence-corrected chi connectivity index (χ2v) is 5.86. The van der Waals surface area contributed by atoms with Crippen LogP contribution in [0.3, 0.4) is 0 Å². The Hall–Kier alpha value is -0.230. The van der Waals surface area contributed by atoms with Gasteiger partial charge in [0.15, 0.2) is 0 Å². The molecule has 2 N–H and O–H groups in total. The zero-order valence-corrected chi connectivity index (χ0v) is 12.1. The standard InChI is InChI=1S/C13H25N3OS/c1-2-15-6-7-17-12(9-15)10-16-5-3-4-11(8-16)13(14)18/h11-12H,2-10H2,1H3,(H2,14,18). The molecule has 0 aromatic carbocycles. The zero-order valence-electron chi connectivity index (χ0n) is 11.3. The second kappa shape index (κ2) is 6.80. The highest BCUT2D eigenvalue weighted by Gasteiger charge is 2.26. The maximum Gasteiger partial charge on any atom is 0.0829 e. The van der Waals surface area contributed by atoms with E-state index in [0.717, 1.165) is 52.3 Å². The third-order valence-electron chi connectivity index (χ3n) is 4.04. The Kier molecular flexibility index (Phi) is 5.36. The molecule has 0 spiro atoms. The number of likely N-dealkylation sites (tertiary alicyclic amines) is 1. The van der Waals surface area contributed by atoms with E-state index in [1.165, 1.54) is 6.42 Å². The summed E-state index contributed by atoms with van der Waals surface area (Å²) in [4.78, 5) is 5.61. The van der Waals surface area contributed by atoms with Gasteiger partial charge in [0.1, 0.15) is 0 Å². The molecule has 2 heterocycles. The van der Waals surface area contributed by atoms with Crippen molar-refractivity contribution in [2.24, 2.45) is 11.7 Å². The van der Waals surface area contributed by atoms with Gasteiger partial charge in [-0.2, -0.15) is 0 Å². The summed E-state index contributed by atoms with van der Waals surface area (Å²) in [5, 5.41) is 0. The average molecular weight is 271 g/mol. The van der Waals surface area contributed by atoms with Gasteiger partial charge in [-0.15, -0.1) is 0 Å². The lowest BCUT2D eigenvalue weighted by Gasteiger charge is -2.38. The van der Waals surface area contributed by atoms with Crippen LogP contribution in [-0.4, -0.2) is 66.8 Å². The molecule has 2 saturated heterocycles. The van der Waals surface area contributed by atoms with E-state index in [4.69, 9.17) is 22.7 Å². The van der Waals surface area contributed by atoms with Crippen molar-refractivity contribution in [3.8, 4) is 0 Å². The van der Waals surface area contributed by atoms with Gasteiger partial charge in [0, 0.05) is 32.1 Å². The number of morpholine rings is 1. The van der Waals surface area contributed by atoms with Gasteiger partial charge in [-0.05, 0) is 25.9 Å². The van der Waals surface area contributed by atoms with Crippen LogP contribution in [0.25, 0.3) is 0 Å². The molecular weight excluding hydrogens is 246 g/mol. The van der Waals surface area contributed by atoms with E-state index < -0.39 is 0 Å². The minimum absolute atomic E-state index is 0.351. The molecule has 0 aliphatic carbocycles. The number of hydrogen-bond donors (Lipinski definition) is 1. The SMILES string of the molecule is CCN1CCOC(CN2CCCC(C(N)=S)C2)C1. The van der Waals surface area contributed by atoms with Gasteiger partial charge < -0.3 is 15.4 Å². The maximum atomic E-state index is 5.86. The van der Waals surface area contributed by atoms with Crippen LogP contribution >= 0.6 is 12.2 Å². The molecule has 0 amide bonds. The molecule has 104 valence electrons. The van der Waals surface area contributed by atoms with E-state index in [-0.39, 0.29) is 0 Å².